The molecule has 2 heterocycles. The van der Waals surface area contributed by atoms with Crippen molar-refractivity contribution in [3.63, 3.8) is 0 Å². The predicted octanol–water partition coefficient (Wildman–Crippen LogP) is 1.41. The molecule has 2 aromatic heterocycles. The van der Waals surface area contributed by atoms with Gasteiger partial charge in [-0.05, 0) is 13.3 Å². The summed E-state index contributed by atoms with van der Waals surface area (Å²) in [5.41, 5.74) is 7.40. The number of thiophene rings is 1. The molecule has 0 spiro atoms. The minimum Gasteiger partial charge on any atom is -0.397 e. The predicted molar refractivity (Wildman–Crippen MR) is 88.2 cm³/mol. The van der Waals surface area contributed by atoms with Crippen LogP contribution in [0.5, 0.6) is 0 Å². The molecule has 2 unspecified atom stereocenters. The van der Waals surface area contributed by atoms with E-state index >= 15 is 0 Å². The normalized spacial score (nSPS) is 14.3. The molecule has 21 heavy (non-hydrogen) atoms. The van der Waals surface area contributed by atoms with E-state index in [1.54, 1.807) is 10.9 Å². The van der Waals surface area contributed by atoms with Crippen molar-refractivity contribution in [1.82, 2.24) is 15.1 Å². The Morgan fingerprint density at radius 1 is 1.57 bits per heavy atom. The molecule has 116 valence electrons. The summed E-state index contributed by atoms with van der Waals surface area (Å²) < 4.78 is 13.0. The number of hydrogen-bond donors (Lipinski definition) is 2. The molecule has 2 aromatic rings. The van der Waals surface area contributed by atoms with E-state index in [1.807, 2.05) is 20.9 Å². The van der Waals surface area contributed by atoms with Gasteiger partial charge < -0.3 is 11.1 Å². The quantitative estimate of drug-likeness (QED) is 0.868. The summed E-state index contributed by atoms with van der Waals surface area (Å²) in [7, 11) is 0.967. The number of anilines is 1. The SMILES string of the molecule is Cc1nn(C)c2sc(C(=O)NCCC(C)S(C)=O)c(N)c12. The van der Waals surface area contributed by atoms with Gasteiger partial charge >= 0.3 is 0 Å². The van der Waals surface area contributed by atoms with E-state index in [4.69, 9.17) is 5.73 Å². The average Bonchev–Trinajstić information content (AvgIpc) is 2.89. The van der Waals surface area contributed by atoms with E-state index in [0.717, 1.165) is 15.9 Å². The molecular weight excluding hydrogens is 308 g/mol. The summed E-state index contributed by atoms with van der Waals surface area (Å²) in [6.07, 6.45) is 2.35. The van der Waals surface area contributed by atoms with Gasteiger partial charge in [-0.15, -0.1) is 11.3 Å². The standard InChI is InChI=1S/C13H20N4O2S2/c1-7(21(4)19)5-6-15-12(18)11-10(14)9-8(2)16-17(3)13(9)20-11/h7H,5-6,14H2,1-4H3,(H,15,18). The van der Waals surface area contributed by atoms with Crippen LogP contribution >= 0.6 is 11.3 Å². The van der Waals surface area contributed by atoms with Crippen LogP contribution in [0, 0.1) is 6.92 Å². The van der Waals surface area contributed by atoms with E-state index < -0.39 is 10.8 Å². The zero-order valence-corrected chi connectivity index (χ0v) is 14.2. The number of nitrogens with one attached hydrogen (secondary N) is 1. The first-order chi connectivity index (χ1) is 9.82. The first-order valence-corrected chi connectivity index (χ1v) is 9.08. The Hall–Kier alpha value is -1.41. The van der Waals surface area contributed by atoms with Gasteiger partial charge in [0.2, 0.25) is 0 Å². The van der Waals surface area contributed by atoms with Crippen molar-refractivity contribution in [3.8, 4) is 0 Å². The third kappa shape index (κ3) is 3.11. The largest absolute Gasteiger partial charge is 0.397 e. The number of aromatic nitrogens is 2. The molecule has 6 nitrogen and oxygen atoms in total. The van der Waals surface area contributed by atoms with Gasteiger partial charge in [0.15, 0.2) is 0 Å². The molecule has 2 rings (SSSR count). The van der Waals surface area contributed by atoms with Crippen LogP contribution in [0.25, 0.3) is 10.2 Å². The molecule has 1 amide bonds. The Morgan fingerprint density at radius 3 is 2.81 bits per heavy atom. The lowest BCUT2D eigenvalue weighted by Gasteiger charge is -2.09. The lowest BCUT2D eigenvalue weighted by molar-refractivity contribution is 0.0958. The molecular formula is C13H20N4O2S2. The zero-order chi connectivity index (χ0) is 15.7. The van der Waals surface area contributed by atoms with Crippen LogP contribution in [-0.2, 0) is 17.8 Å². The van der Waals surface area contributed by atoms with Gasteiger partial charge in [-0.25, -0.2) is 0 Å². The highest BCUT2D eigenvalue weighted by atomic mass is 32.2. The Kier molecular flexibility index (Phi) is 4.67. The van der Waals surface area contributed by atoms with Crippen molar-refractivity contribution in [2.75, 3.05) is 18.5 Å². The van der Waals surface area contributed by atoms with Crippen LogP contribution in [0.3, 0.4) is 0 Å². The van der Waals surface area contributed by atoms with Crippen LogP contribution in [0.1, 0.15) is 28.7 Å². The fourth-order valence-electron chi connectivity index (χ4n) is 2.13. The van der Waals surface area contributed by atoms with Crippen molar-refractivity contribution in [2.24, 2.45) is 7.05 Å². The molecule has 2 atom stereocenters. The monoisotopic (exact) mass is 328 g/mol. The van der Waals surface area contributed by atoms with Crippen LogP contribution in [-0.4, -0.2) is 37.9 Å². The second-order valence-electron chi connectivity index (χ2n) is 5.09. The minimum absolute atomic E-state index is 0.0662. The lowest BCUT2D eigenvalue weighted by atomic mass is 10.2. The van der Waals surface area contributed by atoms with Crippen LogP contribution in [0.15, 0.2) is 0 Å². The fourth-order valence-corrected chi connectivity index (χ4v) is 3.69. The van der Waals surface area contributed by atoms with E-state index in [1.165, 1.54) is 11.3 Å². The van der Waals surface area contributed by atoms with Crippen molar-refractivity contribution < 1.29 is 9.00 Å². The maximum absolute atomic E-state index is 12.2. The van der Waals surface area contributed by atoms with Gasteiger partial charge in [0.05, 0.1) is 16.8 Å². The molecule has 0 radical (unpaired) electrons. The number of carbonyl (C=O) groups is 1. The first kappa shape index (κ1) is 16.0. The maximum atomic E-state index is 12.2. The number of carbonyl (C=O) groups excluding carboxylic acids is 1. The van der Waals surface area contributed by atoms with Crippen LogP contribution in [0.2, 0.25) is 0 Å². The van der Waals surface area contributed by atoms with Crippen molar-refractivity contribution >= 4 is 43.9 Å². The third-order valence-electron chi connectivity index (χ3n) is 3.49. The average molecular weight is 328 g/mol. The van der Waals surface area contributed by atoms with Crippen molar-refractivity contribution in [2.45, 2.75) is 25.5 Å². The van der Waals surface area contributed by atoms with Crippen molar-refractivity contribution in [3.05, 3.63) is 10.6 Å². The third-order valence-corrected chi connectivity index (χ3v) is 6.13. The number of rotatable bonds is 5. The molecule has 0 aliphatic carbocycles. The van der Waals surface area contributed by atoms with Crippen LogP contribution < -0.4 is 11.1 Å². The second kappa shape index (κ2) is 6.15. The van der Waals surface area contributed by atoms with Gasteiger partial charge in [0.1, 0.15) is 9.71 Å². The Balaban J connectivity index is 2.11. The van der Waals surface area contributed by atoms with Gasteiger partial charge in [-0.2, -0.15) is 5.10 Å². The summed E-state index contributed by atoms with van der Waals surface area (Å²) in [5, 5.41) is 8.06. The number of aryl methyl sites for hydroxylation is 2. The smallest absolute Gasteiger partial charge is 0.263 e. The molecule has 0 aromatic carbocycles. The molecule has 0 saturated heterocycles. The topological polar surface area (TPSA) is 90.0 Å². The summed E-state index contributed by atoms with van der Waals surface area (Å²) in [4.78, 5) is 13.6. The summed E-state index contributed by atoms with van der Waals surface area (Å²) in [5.74, 6) is -0.179. The van der Waals surface area contributed by atoms with Gasteiger partial charge in [0.25, 0.3) is 5.91 Å². The fraction of sp³-hybridized carbons (Fsp3) is 0.538. The lowest BCUT2D eigenvalue weighted by Crippen LogP contribution is -2.27. The van der Waals surface area contributed by atoms with E-state index in [0.29, 0.717) is 23.5 Å². The first-order valence-electron chi connectivity index (χ1n) is 6.65. The number of nitrogens with two attached hydrogens (primary N) is 1. The molecule has 0 bridgehead atoms. The number of fused-ring (bicyclic) bond motifs is 1. The van der Waals surface area contributed by atoms with Crippen LogP contribution in [0.4, 0.5) is 5.69 Å². The molecule has 8 heteroatoms. The van der Waals surface area contributed by atoms with E-state index in [2.05, 4.69) is 10.4 Å². The Bertz CT molecular complexity index is 705. The summed E-state index contributed by atoms with van der Waals surface area (Å²) >= 11 is 1.35. The number of nitrogen functional groups attached to an aromatic ring is 1. The van der Waals surface area contributed by atoms with E-state index in [9.17, 15) is 9.00 Å². The summed E-state index contributed by atoms with van der Waals surface area (Å²) in [6, 6.07) is 0. The molecule has 0 saturated carbocycles. The van der Waals surface area contributed by atoms with Crippen molar-refractivity contribution in [1.29, 1.82) is 0 Å². The second-order valence-corrected chi connectivity index (χ2v) is 7.89. The zero-order valence-electron chi connectivity index (χ0n) is 12.6. The molecule has 0 fully saturated rings. The number of amides is 1. The van der Waals surface area contributed by atoms with Gasteiger partial charge in [-0.3, -0.25) is 13.7 Å². The highest BCUT2D eigenvalue weighted by molar-refractivity contribution is 7.84. The Labute approximate surface area is 130 Å². The molecule has 0 aliphatic rings. The molecule has 0 aliphatic heterocycles. The highest BCUT2D eigenvalue weighted by Gasteiger charge is 2.20. The number of nitrogens with zero attached hydrogens (tertiary/aromatic N) is 2. The molecule has 3 N–H and O–H groups in total. The number of hydrogen-bond acceptors (Lipinski definition) is 5. The maximum Gasteiger partial charge on any atom is 0.263 e. The van der Waals surface area contributed by atoms with Gasteiger partial charge in [-0.1, -0.05) is 6.92 Å². The van der Waals surface area contributed by atoms with E-state index in [-0.39, 0.29) is 11.2 Å². The summed E-state index contributed by atoms with van der Waals surface area (Å²) in [6.45, 7) is 4.28. The highest BCUT2D eigenvalue weighted by Crippen LogP contribution is 2.35. The van der Waals surface area contributed by atoms with Gasteiger partial charge in [0, 0.05) is 35.9 Å². The Morgan fingerprint density at radius 2 is 2.24 bits per heavy atom. The minimum atomic E-state index is -0.871.